The second kappa shape index (κ2) is 14.1. The minimum absolute atomic E-state index is 0.0321. The van der Waals surface area contributed by atoms with Gasteiger partial charge in [-0.3, -0.25) is 30.5 Å². The number of carbonyl (C=O) groups excluding carboxylic acids is 1. The van der Waals surface area contributed by atoms with Crippen molar-refractivity contribution in [2.24, 2.45) is 0 Å². The SMILES string of the molecule is Cc1ccc(C(=O)O)c(C(=O)Nc2ccc(Cc3ccc(NOCc4cc([N+](=O)[O-])ccc4COO)c(Cl)c3)cc2Cl)c1. The number of carbonyl (C=O) groups is 2. The average Bonchev–Trinajstić information content (AvgIpc) is 2.96. The van der Waals surface area contributed by atoms with Crippen molar-refractivity contribution in [2.45, 2.75) is 26.6 Å². The van der Waals surface area contributed by atoms with Crippen LogP contribution in [0, 0.1) is 17.0 Å². The van der Waals surface area contributed by atoms with Gasteiger partial charge in [-0.1, -0.05) is 47.0 Å². The number of hydrogen-bond donors (Lipinski definition) is 4. The predicted octanol–water partition coefficient (Wildman–Crippen LogP) is 7.28. The maximum Gasteiger partial charge on any atom is 0.336 e. The van der Waals surface area contributed by atoms with Gasteiger partial charge in [0.05, 0.1) is 37.5 Å². The summed E-state index contributed by atoms with van der Waals surface area (Å²) in [5, 5.41) is 32.6. The van der Waals surface area contributed by atoms with Gasteiger partial charge >= 0.3 is 5.97 Å². The van der Waals surface area contributed by atoms with Crippen molar-refractivity contribution in [3.05, 3.63) is 132 Å². The van der Waals surface area contributed by atoms with Crippen molar-refractivity contribution in [1.82, 2.24) is 0 Å². The molecule has 0 radical (unpaired) electrons. The highest BCUT2D eigenvalue weighted by Crippen LogP contribution is 2.28. The highest BCUT2D eigenvalue weighted by atomic mass is 35.5. The number of non-ortho nitro benzene ring substituents is 1. The monoisotopic (exact) mass is 625 g/mol. The number of nitro benzene ring substituents is 1. The molecule has 0 aliphatic rings. The van der Waals surface area contributed by atoms with E-state index in [1.807, 2.05) is 6.07 Å². The molecule has 4 rings (SSSR count). The maximum absolute atomic E-state index is 12.8. The Morgan fingerprint density at radius 1 is 0.860 bits per heavy atom. The first-order valence-electron chi connectivity index (χ1n) is 12.7. The standard InChI is InChI=1S/C30H25Cl2N3O8/c1-17-2-7-23(30(37)38)24(10-17)29(36)33-27-8-3-18(12-25(27)31)11-19-4-9-28(26(32)13-19)34-42-15-21-14-22(35(39)40)6-5-20(21)16-43-41/h2-10,12-14,34,41H,11,15-16H2,1H3,(H,33,36)(H,37,38). The summed E-state index contributed by atoms with van der Waals surface area (Å²) < 4.78 is 0. The van der Waals surface area contributed by atoms with Crippen LogP contribution in [0.4, 0.5) is 17.1 Å². The van der Waals surface area contributed by atoms with Gasteiger partial charge < -0.3 is 10.4 Å². The summed E-state index contributed by atoms with van der Waals surface area (Å²) in [5.41, 5.74) is 6.72. The van der Waals surface area contributed by atoms with E-state index < -0.39 is 16.8 Å². The molecular weight excluding hydrogens is 601 g/mol. The normalized spacial score (nSPS) is 10.8. The highest BCUT2D eigenvalue weighted by Gasteiger charge is 2.18. The molecule has 0 spiro atoms. The van der Waals surface area contributed by atoms with Gasteiger partial charge in [0.2, 0.25) is 0 Å². The van der Waals surface area contributed by atoms with Crippen molar-refractivity contribution in [3.63, 3.8) is 0 Å². The summed E-state index contributed by atoms with van der Waals surface area (Å²) in [5.74, 6) is -1.79. The lowest BCUT2D eigenvalue weighted by Crippen LogP contribution is -2.17. The minimum atomic E-state index is -1.21. The van der Waals surface area contributed by atoms with Crippen molar-refractivity contribution in [3.8, 4) is 0 Å². The van der Waals surface area contributed by atoms with Gasteiger partial charge in [-0.15, -0.1) is 0 Å². The highest BCUT2D eigenvalue weighted by molar-refractivity contribution is 6.34. The predicted molar refractivity (Wildman–Crippen MR) is 161 cm³/mol. The number of aromatic carboxylic acids is 1. The Balaban J connectivity index is 1.39. The van der Waals surface area contributed by atoms with Crippen molar-refractivity contribution < 1.29 is 34.6 Å². The Labute approximate surface area is 255 Å². The fourth-order valence-electron chi connectivity index (χ4n) is 4.24. The van der Waals surface area contributed by atoms with Crippen LogP contribution < -0.4 is 10.8 Å². The van der Waals surface area contributed by atoms with Gasteiger partial charge in [-0.05, 0) is 78.1 Å². The van der Waals surface area contributed by atoms with Gasteiger partial charge in [0, 0.05) is 12.1 Å². The van der Waals surface area contributed by atoms with Crippen LogP contribution in [-0.4, -0.2) is 27.2 Å². The number of nitro groups is 1. The summed E-state index contributed by atoms with van der Waals surface area (Å²) in [4.78, 5) is 44.6. The molecule has 4 aromatic carbocycles. The summed E-state index contributed by atoms with van der Waals surface area (Å²) in [6.45, 7) is 1.53. The minimum Gasteiger partial charge on any atom is -0.478 e. The van der Waals surface area contributed by atoms with Crippen molar-refractivity contribution >= 4 is 52.1 Å². The number of hydrogen-bond acceptors (Lipinski definition) is 8. The van der Waals surface area contributed by atoms with Gasteiger partial charge in [-0.2, -0.15) is 0 Å². The van der Waals surface area contributed by atoms with Crippen LogP contribution in [0.2, 0.25) is 10.0 Å². The van der Waals surface area contributed by atoms with E-state index in [1.165, 1.54) is 30.3 Å². The molecule has 1 amide bonds. The van der Waals surface area contributed by atoms with Crippen LogP contribution in [0.25, 0.3) is 0 Å². The molecule has 0 atom stereocenters. The summed E-state index contributed by atoms with van der Waals surface area (Å²) in [6, 6.07) is 19.0. The van der Waals surface area contributed by atoms with Crippen LogP contribution >= 0.6 is 23.2 Å². The number of halogens is 2. The molecule has 222 valence electrons. The lowest BCUT2D eigenvalue weighted by molar-refractivity contribution is -0.385. The fourth-order valence-corrected chi connectivity index (χ4v) is 4.73. The zero-order valence-electron chi connectivity index (χ0n) is 22.6. The van der Waals surface area contributed by atoms with E-state index in [0.29, 0.717) is 33.9 Å². The zero-order chi connectivity index (χ0) is 31.1. The van der Waals surface area contributed by atoms with Crippen molar-refractivity contribution in [2.75, 3.05) is 10.8 Å². The number of aryl methyl sites for hydroxylation is 1. The molecule has 0 aromatic heterocycles. The number of carboxylic acids is 1. The Morgan fingerprint density at radius 2 is 1.53 bits per heavy atom. The molecule has 0 fully saturated rings. The van der Waals surface area contributed by atoms with Gasteiger partial charge in [0.1, 0.15) is 13.2 Å². The smallest absolute Gasteiger partial charge is 0.336 e. The van der Waals surface area contributed by atoms with E-state index in [9.17, 15) is 24.8 Å². The summed E-state index contributed by atoms with van der Waals surface area (Å²) in [6.07, 6.45) is 0.466. The number of nitrogens with one attached hydrogen (secondary N) is 2. The van der Waals surface area contributed by atoms with E-state index in [-0.39, 0.29) is 35.1 Å². The molecule has 0 heterocycles. The average molecular weight is 626 g/mol. The number of amides is 1. The molecule has 4 aromatic rings. The first-order chi connectivity index (χ1) is 20.5. The quantitative estimate of drug-likeness (QED) is 0.0719. The molecule has 0 unspecified atom stereocenters. The second-order valence-electron chi connectivity index (χ2n) is 9.49. The molecule has 0 aliphatic carbocycles. The number of benzene rings is 4. The van der Waals surface area contributed by atoms with Crippen LogP contribution in [0.1, 0.15) is 48.5 Å². The molecular formula is C30H25Cl2N3O8. The maximum atomic E-state index is 12.8. The van der Waals surface area contributed by atoms with E-state index in [2.05, 4.69) is 15.7 Å². The third-order valence-electron chi connectivity index (χ3n) is 6.40. The van der Waals surface area contributed by atoms with E-state index in [1.54, 1.807) is 43.3 Å². The zero-order valence-corrected chi connectivity index (χ0v) is 24.1. The fraction of sp³-hybridized carbons (Fsp3) is 0.133. The Bertz CT molecular complexity index is 1700. The molecule has 4 N–H and O–H groups in total. The van der Waals surface area contributed by atoms with Gasteiger partial charge in [-0.25, -0.2) is 9.68 Å². The number of anilines is 2. The summed E-state index contributed by atoms with van der Waals surface area (Å²) >= 11 is 12.9. The third-order valence-corrected chi connectivity index (χ3v) is 7.03. The number of rotatable bonds is 12. The number of carboxylic acid groups (broad SMARTS) is 1. The van der Waals surface area contributed by atoms with Crippen LogP contribution in [-0.2, 0) is 29.4 Å². The topological polar surface area (TPSA) is 160 Å². The van der Waals surface area contributed by atoms with E-state index in [4.69, 9.17) is 33.3 Å². The third kappa shape index (κ3) is 8.07. The molecule has 43 heavy (non-hydrogen) atoms. The molecule has 13 heteroatoms. The first kappa shape index (κ1) is 31.4. The van der Waals surface area contributed by atoms with E-state index >= 15 is 0 Å². The van der Waals surface area contributed by atoms with Gasteiger partial charge in [0.15, 0.2) is 0 Å². The molecule has 11 nitrogen and oxygen atoms in total. The Morgan fingerprint density at radius 3 is 2.14 bits per heavy atom. The van der Waals surface area contributed by atoms with Crippen LogP contribution in [0.15, 0.2) is 72.8 Å². The van der Waals surface area contributed by atoms with E-state index in [0.717, 1.165) is 16.7 Å². The molecule has 0 saturated carbocycles. The van der Waals surface area contributed by atoms with Crippen LogP contribution in [0.3, 0.4) is 0 Å². The Hall–Kier alpha value is -4.52. The lowest BCUT2D eigenvalue weighted by atomic mass is 10.0. The van der Waals surface area contributed by atoms with Crippen molar-refractivity contribution in [1.29, 1.82) is 0 Å². The second-order valence-corrected chi connectivity index (χ2v) is 10.3. The lowest BCUT2D eigenvalue weighted by Gasteiger charge is -2.13. The largest absolute Gasteiger partial charge is 0.478 e. The summed E-state index contributed by atoms with van der Waals surface area (Å²) in [7, 11) is 0. The van der Waals surface area contributed by atoms with Crippen LogP contribution in [0.5, 0.6) is 0 Å². The van der Waals surface area contributed by atoms with Gasteiger partial charge in [0.25, 0.3) is 11.6 Å². The molecule has 0 saturated heterocycles. The molecule has 0 aliphatic heterocycles. The first-order valence-corrected chi connectivity index (χ1v) is 13.4. The molecule has 0 bridgehead atoms. The number of nitrogens with zero attached hydrogens (tertiary/aromatic N) is 1. The Kier molecular flexibility index (Phi) is 10.3.